The number of aromatic nitrogens is 2. The highest BCUT2D eigenvalue weighted by Crippen LogP contribution is 2.25. The van der Waals surface area contributed by atoms with Crippen molar-refractivity contribution in [1.82, 2.24) is 15.3 Å². The first kappa shape index (κ1) is 17.0. The lowest BCUT2D eigenvalue weighted by Crippen LogP contribution is -2.20. The van der Waals surface area contributed by atoms with Gasteiger partial charge in [0.05, 0.1) is 0 Å². The Hall–Kier alpha value is -1.39. The Morgan fingerprint density at radius 3 is 2.32 bits per heavy atom. The Bertz CT molecular complexity index is 547. The van der Waals surface area contributed by atoms with Gasteiger partial charge in [-0.25, -0.2) is 9.97 Å². The van der Waals surface area contributed by atoms with Crippen LogP contribution in [0, 0.1) is 0 Å². The smallest absolute Gasteiger partial charge is 0.115 e. The van der Waals surface area contributed by atoms with Crippen molar-refractivity contribution in [3.05, 3.63) is 54.1 Å². The third-order valence-corrected chi connectivity index (χ3v) is 4.49. The fourth-order valence-corrected chi connectivity index (χ4v) is 2.92. The Kier molecular flexibility index (Phi) is 6.40. The van der Waals surface area contributed by atoms with Crippen LogP contribution >= 0.6 is 11.8 Å². The monoisotopic (exact) mass is 315 g/mol. The highest BCUT2D eigenvalue weighted by atomic mass is 32.2. The van der Waals surface area contributed by atoms with Crippen molar-refractivity contribution in [3.8, 4) is 0 Å². The molecule has 0 atom stereocenters. The van der Waals surface area contributed by atoms with E-state index in [2.05, 4.69) is 60.3 Å². The molecule has 0 unspecified atom stereocenters. The van der Waals surface area contributed by atoms with Gasteiger partial charge in [-0.2, -0.15) is 0 Å². The van der Waals surface area contributed by atoms with Crippen LogP contribution in [0.15, 0.2) is 47.9 Å². The molecule has 118 valence electrons. The van der Waals surface area contributed by atoms with Crippen molar-refractivity contribution in [2.75, 3.05) is 18.8 Å². The highest BCUT2D eigenvalue weighted by Gasteiger charge is 2.12. The van der Waals surface area contributed by atoms with Crippen molar-refractivity contribution >= 4 is 11.8 Å². The summed E-state index contributed by atoms with van der Waals surface area (Å²) in [4.78, 5) is 9.38. The summed E-state index contributed by atoms with van der Waals surface area (Å²) in [5.41, 5.74) is 2.80. The van der Waals surface area contributed by atoms with Crippen molar-refractivity contribution in [1.29, 1.82) is 0 Å². The van der Waals surface area contributed by atoms with E-state index < -0.39 is 0 Å². The molecule has 2 aromatic rings. The Labute approximate surface area is 138 Å². The van der Waals surface area contributed by atoms with Gasteiger partial charge in [-0.3, -0.25) is 0 Å². The van der Waals surface area contributed by atoms with E-state index in [9.17, 15) is 0 Å². The summed E-state index contributed by atoms with van der Waals surface area (Å²) >= 11 is 1.90. The van der Waals surface area contributed by atoms with Crippen LogP contribution in [0.3, 0.4) is 0 Å². The van der Waals surface area contributed by atoms with E-state index in [1.165, 1.54) is 16.0 Å². The zero-order chi connectivity index (χ0) is 15.8. The molecule has 0 aliphatic rings. The molecular formula is C18H25N3S. The minimum Gasteiger partial charge on any atom is -0.316 e. The number of hydrogen-bond donors (Lipinski definition) is 1. The molecule has 22 heavy (non-hydrogen) atoms. The lowest BCUT2D eigenvalue weighted by Gasteiger charge is -2.19. The number of thioether (sulfide) groups is 1. The van der Waals surface area contributed by atoms with Gasteiger partial charge in [0.15, 0.2) is 0 Å². The number of nitrogens with one attached hydrogen (secondary N) is 1. The minimum atomic E-state index is 0.228. The van der Waals surface area contributed by atoms with Gasteiger partial charge < -0.3 is 5.32 Å². The summed E-state index contributed by atoms with van der Waals surface area (Å²) < 4.78 is 0. The Morgan fingerprint density at radius 1 is 1.00 bits per heavy atom. The molecule has 3 nitrogen and oxygen atoms in total. The van der Waals surface area contributed by atoms with E-state index in [0.717, 1.165) is 25.3 Å². The first-order valence-corrected chi connectivity index (χ1v) is 8.72. The average molecular weight is 315 g/mol. The predicted octanol–water partition coefficient (Wildman–Crippen LogP) is 3.70. The molecule has 4 heteroatoms. The molecule has 0 fully saturated rings. The highest BCUT2D eigenvalue weighted by molar-refractivity contribution is 7.99. The summed E-state index contributed by atoms with van der Waals surface area (Å²) in [6, 6.07) is 8.94. The van der Waals surface area contributed by atoms with Gasteiger partial charge in [0, 0.05) is 29.6 Å². The lowest BCUT2D eigenvalue weighted by molar-refractivity contribution is 0.590. The zero-order valence-corrected chi connectivity index (χ0v) is 14.5. The second-order valence-electron chi connectivity index (χ2n) is 6.37. The van der Waals surface area contributed by atoms with Gasteiger partial charge in [-0.1, -0.05) is 32.9 Å². The van der Waals surface area contributed by atoms with E-state index in [4.69, 9.17) is 0 Å². The molecule has 1 heterocycles. The maximum absolute atomic E-state index is 4.02. The van der Waals surface area contributed by atoms with Crippen LogP contribution < -0.4 is 5.32 Å². The minimum absolute atomic E-state index is 0.228. The van der Waals surface area contributed by atoms with Crippen LogP contribution in [0.2, 0.25) is 0 Å². The number of benzene rings is 1. The zero-order valence-electron chi connectivity index (χ0n) is 13.7. The molecule has 1 N–H and O–H groups in total. The van der Waals surface area contributed by atoms with Crippen LogP contribution in [0.4, 0.5) is 0 Å². The predicted molar refractivity (Wildman–Crippen MR) is 94.5 cm³/mol. The molecule has 0 amide bonds. The molecule has 0 radical (unpaired) electrons. The van der Waals surface area contributed by atoms with Crippen LogP contribution in [0.1, 0.15) is 31.9 Å². The maximum Gasteiger partial charge on any atom is 0.115 e. The fraction of sp³-hybridized carbons (Fsp3) is 0.444. The summed E-state index contributed by atoms with van der Waals surface area (Å²) in [6.07, 6.45) is 6.30. The molecule has 0 aliphatic carbocycles. The van der Waals surface area contributed by atoms with E-state index >= 15 is 0 Å². The number of hydrogen-bond acceptors (Lipinski definition) is 4. The number of rotatable bonds is 7. The lowest BCUT2D eigenvalue weighted by atomic mass is 9.87. The molecule has 1 aromatic carbocycles. The van der Waals surface area contributed by atoms with Gasteiger partial charge in [-0.15, -0.1) is 11.8 Å². The second-order valence-corrected chi connectivity index (χ2v) is 7.54. The molecule has 0 bridgehead atoms. The SMILES string of the molecule is CC(C)(C)c1ccc(SCCNCCc2cncnc2)cc1. The fourth-order valence-electron chi connectivity index (χ4n) is 2.11. The van der Waals surface area contributed by atoms with Crippen LogP contribution in [-0.2, 0) is 11.8 Å². The van der Waals surface area contributed by atoms with E-state index in [1.807, 2.05) is 24.2 Å². The van der Waals surface area contributed by atoms with E-state index in [0.29, 0.717) is 0 Å². The largest absolute Gasteiger partial charge is 0.316 e. The topological polar surface area (TPSA) is 37.8 Å². The van der Waals surface area contributed by atoms with E-state index in [1.54, 1.807) is 6.33 Å². The van der Waals surface area contributed by atoms with Gasteiger partial charge >= 0.3 is 0 Å². The van der Waals surface area contributed by atoms with Gasteiger partial charge in [0.2, 0.25) is 0 Å². The van der Waals surface area contributed by atoms with Crippen molar-refractivity contribution in [3.63, 3.8) is 0 Å². The normalized spacial score (nSPS) is 11.6. The summed E-state index contributed by atoms with van der Waals surface area (Å²) in [5, 5.41) is 3.46. The summed E-state index contributed by atoms with van der Waals surface area (Å²) in [6.45, 7) is 8.72. The molecule has 0 aliphatic heterocycles. The first-order valence-electron chi connectivity index (χ1n) is 7.73. The average Bonchev–Trinajstić information content (AvgIpc) is 2.51. The van der Waals surface area contributed by atoms with Gasteiger partial charge in [0.1, 0.15) is 6.33 Å². The third-order valence-electron chi connectivity index (χ3n) is 3.47. The standard InChI is InChI=1S/C18H25N3S/c1-18(2,3)16-4-6-17(7-5-16)22-11-10-19-9-8-15-12-20-14-21-13-15/h4-7,12-14,19H,8-11H2,1-3H3. The molecular weight excluding hydrogens is 290 g/mol. The van der Waals surface area contributed by atoms with Gasteiger partial charge in [-0.05, 0) is 41.6 Å². The van der Waals surface area contributed by atoms with Crippen molar-refractivity contribution in [2.24, 2.45) is 0 Å². The molecule has 0 spiro atoms. The Morgan fingerprint density at radius 2 is 1.68 bits per heavy atom. The number of nitrogens with zero attached hydrogens (tertiary/aromatic N) is 2. The summed E-state index contributed by atoms with van der Waals surface area (Å²) in [5.74, 6) is 1.08. The quantitative estimate of drug-likeness (QED) is 0.624. The summed E-state index contributed by atoms with van der Waals surface area (Å²) in [7, 11) is 0. The van der Waals surface area contributed by atoms with E-state index in [-0.39, 0.29) is 5.41 Å². The molecule has 2 rings (SSSR count). The maximum atomic E-state index is 4.02. The van der Waals surface area contributed by atoms with Gasteiger partial charge in [0.25, 0.3) is 0 Å². The third kappa shape index (κ3) is 5.78. The second kappa shape index (κ2) is 8.30. The molecule has 0 saturated heterocycles. The first-order chi connectivity index (χ1) is 10.6. The molecule has 0 saturated carbocycles. The van der Waals surface area contributed by atoms with Crippen molar-refractivity contribution in [2.45, 2.75) is 37.5 Å². The molecule has 1 aromatic heterocycles. The van der Waals surface area contributed by atoms with Crippen molar-refractivity contribution < 1.29 is 0 Å². The van der Waals surface area contributed by atoms with Crippen LogP contribution in [0.5, 0.6) is 0 Å². The van der Waals surface area contributed by atoms with Crippen LogP contribution in [0.25, 0.3) is 0 Å². The Balaban J connectivity index is 1.62. The van der Waals surface area contributed by atoms with Crippen LogP contribution in [-0.4, -0.2) is 28.8 Å².